The second kappa shape index (κ2) is 8.77. The molecule has 0 aromatic heterocycles. The number of carbonyl (C=O) groups is 1. The van der Waals surface area contributed by atoms with Crippen LogP contribution in [-0.2, 0) is 17.9 Å². The van der Waals surface area contributed by atoms with Gasteiger partial charge in [0.2, 0.25) is 5.91 Å². The third-order valence-electron chi connectivity index (χ3n) is 5.05. The molecule has 6 heteroatoms. The van der Waals surface area contributed by atoms with Crippen LogP contribution < -0.4 is 0 Å². The monoisotopic (exact) mass is 367 g/mol. The molecule has 6 nitrogen and oxygen atoms in total. The minimum absolute atomic E-state index is 0.00510. The molecule has 2 aromatic carbocycles. The Hall–Kier alpha value is -2.73. The van der Waals surface area contributed by atoms with Crippen LogP contribution in [0.2, 0.25) is 0 Å². The fourth-order valence-electron chi connectivity index (χ4n) is 3.63. The molecule has 1 amide bonds. The summed E-state index contributed by atoms with van der Waals surface area (Å²) in [5, 5.41) is 10.8. The Kier molecular flexibility index (Phi) is 6.19. The number of hydrogen-bond acceptors (Lipinski definition) is 4. The molecule has 1 heterocycles. The average molecular weight is 367 g/mol. The molecule has 0 radical (unpaired) electrons. The van der Waals surface area contributed by atoms with Gasteiger partial charge in [-0.1, -0.05) is 42.5 Å². The smallest absolute Gasteiger partial charge is 0.269 e. The van der Waals surface area contributed by atoms with Crippen LogP contribution in [-0.4, -0.2) is 40.8 Å². The van der Waals surface area contributed by atoms with Crippen molar-refractivity contribution in [3.05, 3.63) is 75.8 Å². The first-order chi connectivity index (χ1) is 13.0. The highest BCUT2D eigenvalue weighted by atomic mass is 16.6. The van der Waals surface area contributed by atoms with Gasteiger partial charge in [-0.25, -0.2) is 0 Å². The van der Waals surface area contributed by atoms with Gasteiger partial charge in [0.15, 0.2) is 0 Å². The Morgan fingerprint density at radius 3 is 2.52 bits per heavy atom. The van der Waals surface area contributed by atoms with E-state index in [4.69, 9.17) is 0 Å². The van der Waals surface area contributed by atoms with E-state index in [0.717, 1.165) is 37.1 Å². The van der Waals surface area contributed by atoms with Crippen LogP contribution in [0.25, 0.3) is 0 Å². The molecule has 1 atom stereocenters. The summed E-state index contributed by atoms with van der Waals surface area (Å²) in [6.45, 7) is 3.01. The van der Waals surface area contributed by atoms with Gasteiger partial charge >= 0.3 is 0 Å². The summed E-state index contributed by atoms with van der Waals surface area (Å²) in [7, 11) is 1.87. The summed E-state index contributed by atoms with van der Waals surface area (Å²) >= 11 is 0. The van der Waals surface area contributed by atoms with Gasteiger partial charge in [-0.2, -0.15) is 0 Å². The van der Waals surface area contributed by atoms with Crippen LogP contribution >= 0.6 is 0 Å². The number of nitro groups is 1. The molecule has 1 fully saturated rings. The standard InChI is InChI=1S/C21H25N3O3/c1-22(14-17-6-3-2-4-7-17)21(25)19-8-5-13-23(16-19)15-18-9-11-20(12-10-18)24(26)27/h2-4,6-7,9-12,19H,5,8,13-16H2,1H3. The zero-order chi connectivity index (χ0) is 19.2. The molecule has 0 aliphatic carbocycles. The molecule has 0 spiro atoms. The first kappa shape index (κ1) is 19.0. The Balaban J connectivity index is 1.56. The number of non-ortho nitro benzene ring substituents is 1. The van der Waals surface area contributed by atoms with Crippen LogP contribution in [0, 0.1) is 16.0 Å². The van der Waals surface area contributed by atoms with Crippen LogP contribution in [0.15, 0.2) is 54.6 Å². The Morgan fingerprint density at radius 2 is 1.85 bits per heavy atom. The number of carbonyl (C=O) groups excluding carboxylic acids is 1. The van der Waals surface area contributed by atoms with Crippen LogP contribution in [0.4, 0.5) is 5.69 Å². The van der Waals surface area contributed by atoms with E-state index >= 15 is 0 Å². The number of amides is 1. The topological polar surface area (TPSA) is 66.7 Å². The highest BCUT2D eigenvalue weighted by molar-refractivity contribution is 5.78. The number of hydrogen-bond donors (Lipinski definition) is 0. The maximum Gasteiger partial charge on any atom is 0.269 e. The fraction of sp³-hybridized carbons (Fsp3) is 0.381. The SMILES string of the molecule is CN(Cc1ccccc1)C(=O)C1CCCN(Cc2ccc([N+](=O)[O-])cc2)C1. The second-order valence-electron chi connectivity index (χ2n) is 7.18. The quantitative estimate of drug-likeness (QED) is 0.579. The van der Waals surface area contributed by atoms with E-state index in [1.807, 2.05) is 42.3 Å². The van der Waals surface area contributed by atoms with E-state index in [2.05, 4.69) is 4.90 Å². The van der Waals surface area contributed by atoms with Gasteiger partial charge in [0, 0.05) is 38.8 Å². The lowest BCUT2D eigenvalue weighted by molar-refractivity contribution is -0.384. The van der Waals surface area contributed by atoms with Crippen molar-refractivity contribution in [3.8, 4) is 0 Å². The molecule has 142 valence electrons. The minimum atomic E-state index is -0.387. The van der Waals surface area contributed by atoms with Gasteiger partial charge < -0.3 is 4.90 Å². The summed E-state index contributed by atoms with van der Waals surface area (Å²) in [4.78, 5) is 27.3. The Morgan fingerprint density at radius 1 is 1.15 bits per heavy atom. The molecule has 0 bridgehead atoms. The van der Waals surface area contributed by atoms with E-state index < -0.39 is 0 Å². The third-order valence-corrected chi connectivity index (χ3v) is 5.05. The second-order valence-corrected chi connectivity index (χ2v) is 7.18. The molecule has 27 heavy (non-hydrogen) atoms. The van der Waals surface area contributed by atoms with Crippen molar-refractivity contribution in [1.82, 2.24) is 9.80 Å². The van der Waals surface area contributed by atoms with E-state index in [-0.39, 0.29) is 22.4 Å². The number of nitrogens with zero attached hydrogens (tertiary/aromatic N) is 3. The van der Waals surface area contributed by atoms with E-state index in [1.54, 1.807) is 12.1 Å². The fourth-order valence-corrected chi connectivity index (χ4v) is 3.63. The molecule has 0 saturated carbocycles. The van der Waals surface area contributed by atoms with Crippen LogP contribution in [0.1, 0.15) is 24.0 Å². The normalized spacial score (nSPS) is 17.4. The summed E-state index contributed by atoms with van der Waals surface area (Å²) < 4.78 is 0. The largest absolute Gasteiger partial charge is 0.341 e. The molecule has 3 rings (SSSR count). The molecular formula is C21H25N3O3. The Bertz CT molecular complexity index is 777. The molecule has 1 aliphatic rings. The number of nitro benzene ring substituents is 1. The van der Waals surface area contributed by atoms with Crippen molar-refractivity contribution < 1.29 is 9.72 Å². The zero-order valence-corrected chi connectivity index (χ0v) is 15.6. The zero-order valence-electron chi connectivity index (χ0n) is 15.6. The average Bonchev–Trinajstić information content (AvgIpc) is 2.69. The molecule has 1 saturated heterocycles. The molecule has 1 aliphatic heterocycles. The van der Waals surface area contributed by atoms with Crippen molar-refractivity contribution >= 4 is 11.6 Å². The van der Waals surface area contributed by atoms with Gasteiger partial charge in [0.05, 0.1) is 10.8 Å². The van der Waals surface area contributed by atoms with E-state index in [9.17, 15) is 14.9 Å². The number of benzene rings is 2. The molecular weight excluding hydrogens is 342 g/mol. The van der Waals surface area contributed by atoms with Crippen molar-refractivity contribution in [2.24, 2.45) is 5.92 Å². The lowest BCUT2D eigenvalue weighted by atomic mass is 9.96. The Labute approximate surface area is 159 Å². The van der Waals surface area contributed by atoms with Crippen LogP contribution in [0.3, 0.4) is 0 Å². The summed E-state index contributed by atoms with van der Waals surface area (Å²) in [6.07, 6.45) is 1.90. The van der Waals surface area contributed by atoms with Crippen molar-refractivity contribution in [2.45, 2.75) is 25.9 Å². The van der Waals surface area contributed by atoms with Gasteiger partial charge in [0.1, 0.15) is 0 Å². The third kappa shape index (κ3) is 5.14. The van der Waals surface area contributed by atoms with Crippen molar-refractivity contribution in [2.75, 3.05) is 20.1 Å². The first-order valence-electron chi connectivity index (χ1n) is 9.27. The maximum atomic E-state index is 12.8. The summed E-state index contributed by atoms with van der Waals surface area (Å²) in [6, 6.07) is 16.7. The van der Waals surface area contributed by atoms with Gasteiger partial charge in [-0.05, 0) is 30.5 Å². The van der Waals surface area contributed by atoms with Gasteiger partial charge in [0.25, 0.3) is 5.69 Å². The molecule has 0 N–H and O–H groups in total. The van der Waals surface area contributed by atoms with Crippen LogP contribution in [0.5, 0.6) is 0 Å². The highest BCUT2D eigenvalue weighted by Gasteiger charge is 2.28. The van der Waals surface area contributed by atoms with Crippen molar-refractivity contribution in [1.29, 1.82) is 0 Å². The number of piperidine rings is 1. The minimum Gasteiger partial charge on any atom is -0.341 e. The van der Waals surface area contributed by atoms with E-state index in [1.165, 1.54) is 12.1 Å². The number of rotatable bonds is 6. The molecule has 2 aromatic rings. The first-order valence-corrected chi connectivity index (χ1v) is 9.27. The highest BCUT2D eigenvalue weighted by Crippen LogP contribution is 2.22. The predicted octanol–water partition coefficient (Wildman–Crippen LogP) is 3.47. The lowest BCUT2D eigenvalue weighted by Gasteiger charge is -2.34. The summed E-state index contributed by atoms with van der Waals surface area (Å²) in [5.74, 6) is 0.192. The van der Waals surface area contributed by atoms with E-state index in [0.29, 0.717) is 13.1 Å². The number of likely N-dealkylation sites (tertiary alicyclic amines) is 1. The predicted molar refractivity (Wildman–Crippen MR) is 104 cm³/mol. The lowest BCUT2D eigenvalue weighted by Crippen LogP contribution is -2.43. The maximum absolute atomic E-state index is 12.8. The molecule has 1 unspecified atom stereocenters. The van der Waals surface area contributed by atoms with Gasteiger partial charge in [-0.15, -0.1) is 0 Å². The van der Waals surface area contributed by atoms with Crippen molar-refractivity contribution in [3.63, 3.8) is 0 Å². The summed E-state index contributed by atoms with van der Waals surface area (Å²) in [5.41, 5.74) is 2.27. The van der Waals surface area contributed by atoms with Gasteiger partial charge in [-0.3, -0.25) is 19.8 Å².